The fraction of sp³-hybridized carbons (Fsp3) is 0.154. The van der Waals surface area contributed by atoms with Crippen LogP contribution in [0.15, 0.2) is 48.8 Å². The third kappa shape index (κ3) is 2.17. The number of anilines is 2. The predicted molar refractivity (Wildman–Crippen MR) is 68.3 cm³/mol. The molecule has 0 fully saturated rings. The second-order valence-electron chi connectivity index (χ2n) is 3.53. The number of para-hydroxylation sites is 1. The second kappa shape index (κ2) is 4.99. The third-order valence-corrected chi connectivity index (χ3v) is 2.82. The average Bonchev–Trinajstić information content (AvgIpc) is 2.39. The lowest BCUT2D eigenvalue weighted by atomic mass is 10.2. The highest BCUT2D eigenvalue weighted by atomic mass is 35.5. The molecule has 3 heteroatoms. The van der Waals surface area contributed by atoms with Gasteiger partial charge in [-0.05, 0) is 23.8 Å². The molecule has 82 valence electrons. The van der Waals surface area contributed by atoms with Crippen LogP contribution in [0.1, 0.15) is 5.56 Å². The molecular formula is C13H13ClN2. The van der Waals surface area contributed by atoms with E-state index < -0.39 is 0 Å². The van der Waals surface area contributed by atoms with E-state index in [0.717, 1.165) is 16.9 Å². The molecule has 0 atom stereocenters. The molecule has 0 saturated carbocycles. The molecule has 1 aromatic carbocycles. The first-order valence-electron chi connectivity index (χ1n) is 5.10. The molecule has 2 nitrogen and oxygen atoms in total. The summed E-state index contributed by atoms with van der Waals surface area (Å²) < 4.78 is 0. The van der Waals surface area contributed by atoms with E-state index in [0.29, 0.717) is 5.88 Å². The van der Waals surface area contributed by atoms with Gasteiger partial charge < -0.3 is 4.90 Å². The van der Waals surface area contributed by atoms with Crippen LogP contribution in [0.4, 0.5) is 11.4 Å². The summed E-state index contributed by atoms with van der Waals surface area (Å²) in [6.07, 6.45) is 3.60. The fourth-order valence-electron chi connectivity index (χ4n) is 1.62. The lowest BCUT2D eigenvalue weighted by molar-refractivity contribution is 1.14. The Morgan fingerprint density at radius 1 is 1.19 bits per heavy atom. The number of halogens is 1. The number of pyridine rings is 1. The molecule has 0 saturated heterocycles. The molecule has 2 aromatic rings. The fourth-order valence-corrected chi connectivity index (χ4v) is 1.85. The lowest BCUT2D eigenvalue weighted by Crippen LogP contribution is -2.11. The van der Waals surface area contributed by atoms with Gasteiger partial charge in [0, 0.05) is 24.8 Å². The van der Waals surface area contributed by atoms with Gasteiger partial charge >= 0.3 is 0 Å². The third-order valence-electron chi connectivity index (χ3n) is 2.54. The predicted octanol–water partition coefficient (Wildman–Crippen LogP) is 3.59. The summed E-state index contributed by atoms with van der Waals surface area (Å²) in [7, 11) is 2.02. The molecule has 0 radical (unpaired) electrons. The molecule has 0 aliphatic heterocycles. The van der Waals surface area contributed by atoms with Crippen molar-refractivity contribution in [2.45, 2.75) is 5.88 Å². The van der Waals surface area contributed by atoms with Crippen molar-refractivity contribution in [2.24, 2.45) is 0 Å². The highest BCUT2D eigenvalue weighted by Gasteiger charge is 2.07. The zero-order valence-electron chi connectivity index (χ0n) is 9.10. The minimum absolute atomic E-state index is 0.495. The topological polar surface area (TPSA) is 16.1 Å². The van der Waals surface area contributed by atoms with Gasteiger partial charge in [-0.2, -0.15) is 0 Å². The smallest absolute Gasteiger partial charge is 0.0639 e. The first-order valence-corrected chi connectivity index (χ1v) is 5.64. The first kappa shape index (κ1) is 11.0. The highest BCUT2D eigenvalue weighted by molar-refractivity contribution is 6.17. The summed E-state index contributed by atoms with van der Waals surface area (Å²) in [6.45, 7) is 0. The molecule has 1 aromatic heterocycles. The maximum absolute atomic E-state index is 5.91. The normalized spacial score (nSPS) is 10.1. The average molecular weight is 233 g/mol. The lowest BCUT2D eigenvalue weighted by Gasteiger charge is -2.21. The van der Waals surface area contributed by atoms with Crippen molar-refractivity contribution in [1.82, 2.24) is 4.98 Å². The Morgan fingerprint density at radius 2 is 1.94 bits per heavy atom. The van der Waals surface area contributed by atoms with E-state index >= 15 is 0 Å². The molecule has 0 aliphatic carbocycles. The van der Waals surface area contributed by atoms with Crippen LogP contribution in [-0.4, -0.2) is 12.0 Å². The van der Waals surface area contributed by atoms with Crippen molar-refractivity contribution in [3.8, 4) is 0 Å². The molecule has 0 bridgehead atoms. The number of benzene rings is 1. The SMILES string of the molecule is CN(c1ccccc1)c1cnccc1CCl. The van der Waals surface area contributed by atoms with Crippen LogP contribution in [-0.2, 0) is 5.88 Å². The van der Waals surface area contributed by atoms with Crippen LogP contribution in [0.2, 0.25) is 0 Å². The molecule has 2 rings (SSSR count). The van der Waals surface area contributed by atoms with E-state index in [1.807, 2.05) is 37.5 Å². The molecule has 0 unspecified atom stereocenters. The van der Waals surface area contributed by atoms with E-state index in [1.54, 1.807) is 6.20 Å². The van der Waals surface area contributed by atoms with E-state index in [-0.39, 0.29) is 0 Å². The van der Waals surface area contributed by atoms with Gasteiger partial charge in [-0.15, -0.1) is 11.6 Å². The van der Waals surface area contributed by atoms with Crippen LogP contribution < -0.4 is 4.90 Å². The monoisotopic (exact) mass is 232 g/mol. The zero-order valence-corrected chi connectivity index (χ0v) is 9.85. The minimum atomic E-state index is 0.495. The molecule has 0 N–H and O–H groups in total. The standard InChI is InChI=1S/C13H13ClN2/c1-16(12-5-3-2-4-6-12)13-10-15-8-7-11(13)9-14/h2-8,10H,9H2,1H3. The van der Waals surface area contributed by atoms with Gasteiger partial charge in [-0.1, -0.05) is 18.2 Å². The molecular weight excluding hydrogens is 220 g/mol. The summed E-state index contributed by atoms with van der Waals surface area (Å²) in [6, 6.07) is 12.1. The van der Waals surface area contributed by atoms with Gasteiger partial charge in [0.05, 0.1) is 11.9 Å². The summed E-state index contributed by atoms with van der Waals surface area (Å²) in [5, 5.41) is 0. The maximum Gasteiger partial charge on any atom is 0.0639 e. The van der Waals surface area contributed by atoms with Gasteiger partial charge in [0.25, 0.3) is 0 Å². The van der Waals surface area contributed by atoms with Gasteiger partial charge in [0.15, 0.2) is 0 Å². The Kier molecular flexibility index (Phi) is 3.42. The van der Waals surface area contributed by atoms with Crippen molar-refractivity contribution in [1.29, 1.82) is 0 Å². The number of alkyl halides is 1. The van der Waals surface area contributed by atoms with Crippen LogP contribution in [0.3, 0.4) is 0 Å². The summed E-state index contributed by atoms with van der Waals surface area (Å²) >= 11 is 5.91. The number of rotatable bonds is 3. The molecule has 0 aliphatic rings. The van der Waals surface area contributed by atoms with Crippen molar-refractivity contribution < 1.29 is 0 Å². The highest BCUT2D eigenvalue weighted by Crippen LogP contribution is 2.26. The van der Waals surface area contributed by atoms with E-state index in [1.165, 1.54) is 0 Å². The Morgan fingerprint density at radius 3 is 2.62 bits per heavy atom. The van der Waals surface area contributed by atoms with Crippen molar-refractivity contribution in [3.63, 3.8) is 0 Å². The van der Waals surface area contributed by atoms with Gasteiger partial charge in [0.1, 0.15) is 0 Å². The molecule has 0 amide bonds. The largest absolute Gasteiger partial charge is 0.343 e. The molecule has 16 heavy (non-hydrogen) atoms. The van der Waals surface area contributed by atoms with E-state index in [4.69, 9.17) is 11.6 Å². The van der Waals surface area contributed by atoms with E-state index in [9.17, 15) is 0 Å². The summed E-state index contributed by atoms with van der Waals surface area (Å²) in [5.74, 6) is 0.495. The Bertz CT molecular complexity index is 456. The second-order valence-corrected chi connectivity index (χ2v) is 3.80. The minimum Gasteiger partial charge on any atom is -0.343 e. The van der Waals surface area contributed by atoms with Crippen molar-refractivity contribution >= 4 is 23.0 Å². The molecule has 0 spiro atoms. The Balaban J connectivity index is 2.37. The Hall–Kier alpha value is -1.54. The maximum atomic E-state index is 5.91. The van der Waals surface area contributed by atoms with Crippen LogP contribution in [0.5, 0.6) is 0 Å². The van der Waals surface area contributed by atoms with Crippen LogP contribution in [0, 0.1) is 0 Å². The van der Waals surface area contributed by atoms with Crippen LogP contribution in [0.25, 0.3) is 0 Å². The number of hydrogen-bond acceptors (Lipinski definition) is 2. The van der Waals surface area contributed by atoms with Gasteiger partial charge in [-0.25, -0.2) is 0 Å². The molecule has 1 heterocycles. The first-order chi connectivity index (χ1) is 7.83. The Labute approximate surface area is 101 Å². The van der Waals surface area contributed by atoms with E-state index in [2.05, 4.69) is 22.0 Å². The quantitative estimate of drug-likeness (QED) is 0.752. The van der Waals surface area contributed by atoms with Gasteiger partial charge in [-0.3, -0.25) is 4.98 Å². The zero-order chi connectivity index (χ0) is 11.4. The summed E-state index contributed by atoms with van der Waals surface area (Å²) in [4.78, 5) is 6.23. The van der Waals surface area contributed by atoms with Crippen molar-refractivity contribution in [2.75, 3.05) is 11.9 Å². The van der Waals surface area contributed by atoms with Crippen molar-refractivity contribution in [3.05, 3.63) is 54.4 Å². The number of hydrogen-bond donors (Lipinski definition) is 0. The van der Waals surface area contributed by atoms with Crippen LogP contribution >= 0.6 is 11.6 Å². The number of aromatic nitrogens is 1. The number of nitrogens with zero attached hydrogens (tertiary/aromatic N) is 2. The summed E-state index contributed by atoms with van der Waals surface area (Å²) in [5.41, 5.74) is 3.26. The van der Waals surface area contributed by atoms with Gasteiger partial charge in [0.2, 0.25) is 0 Å².